The molecule has 2 aromatic rings. The number of rotatable bonds is 6. The molecule has 0 aliphatic carbocycles. The van der Waals surface area contributed by atoms with E-state index in [-0.39, 0.29) is 11.7 Å². The second-order valence-electron chi connectivity index (χ2n) is 5.23. The summed E-state index contributed by atoms with van der Waals surface area (Å²) in [5.74, 6) is 1.44. The Morgan fingerprint density at radius 3 is 2.40 bits per heavy atom. The van der Waals surface area contributed by atoms with E-state index in [1.54, 1.807) is 26.4 Å². The van der Waals surface area contributed by atoms with Gasteiger partial charge in [0.15, 0.2) is 5.11 Å². The molecule has 0 fully saturated rings. The topological polar surface area (TPSA) is 85.7 Å². The van der Waals surface area contributed by atoms with Gasteiger partial charge in [0.2, 0.25) is 0 Å². The maximum Gasteiger partial charge on any atom is 0.269 e. The van der Waals surface area contributed by atoms with Crippen LogP contribution in [0.5, 0.6) is 11.5 Å². The maximum absolute atomic E-state index is 10.7. The van der Waals surface area contributed by atoms with E-state index in [1.165, 1.54) is 12.1 Å². The first-order chi connectivity index (χ1) is 11.9. The van der Waals surface area contributed by atoms with Crippen molar-refractivity contribution in [2.24, 2.45) is 0 Å². The van der Waals surface area contributed by atoms with Gasteiger partial charge in [-0.3, -0.25) is 10.1 Å². The summed E-state index contributed by atoms with van der Waals surface area (Å²) in [5, 5.41) is 17.2. The number of hydrogen-bond acceptors (Lipinski definition) is 5. The van der Waals surface area contributed by atoms with Crippen molar-refractivity contribution in [1.82, 2.24) is 5.32 Å². The normalized spacial score (nSPS) is 11.3. The molecule has 0 aliphatic heterocycles. The highest BCUT2D eigenvalue weighted by Crippen LogP contribution is 2.29. The smallest absolute Gasteiger partial charge is 0.269 e. The van der Waals surface area contributed by atoms with E-state index in [9.17, 15) is 10.1 Å². The van der Waals surface area contributed by atoms with Crippen LogP contribution in [0.4, 0.5) is 11.4 Å². The number of nitrogens with one attached hydrogen (secondary N) is 2. The first-order valence-electron chi connectivity index (χ1n) is 7.48. The molecule has 2 N–H and O–H groups in total. The lowest BCUT2D eigenvalue weighted by Crippen LogP contribution is -2.31. The van der Waals surface area contributed by atoms with Gasteiger partial charge in [0.1, 0.15) is 11.5 Å². The number of benzene rings is 2. The highest BCUT2D eigenvalue weighted by atomic mass is 32.1. The number of non-ortho nitro benzene ring substituents is 1. The Kier molecular flexibility index (Phi) is 6.13. The minimum atomic E-state index is -0.447. The summed E-state index contributed by atoms with van der Waals surface area (Å²) < 4.78 is 10.6. The zero-order valence-electron chi connectivity index (χ0n) is 14.1. The zero-order valence-corrected chi connectivity index (χ0v) is 14.9. The molecule has 2 aromatic carbocycles. The van der Waals surface area contributed by atoms with Crippen LogP contribution in [0, 0.1) is 10.1 Å². The Morgan fingerprint density at radius 1 is 1.16 bits per heavy atom. The lowest BCUT2D eigenvalue weighted by atomic mass is 10.1. The Balaban J connectivity index is 2.06. The van der Waals surface area contributed by atoms with Crippen molar-refractivity contribution in [3.63, 3.8) is 0 Å². The van der Waals surface area contributed by atoms with Crippen LogP contribution in [-0.2, 0) is 0 Å². The van der Waals surface area contributed by atoms with Gasteiger partial charge in [-0.2, -0.15) is 0 Å². The number of nitrogens with zero attached hydrogens (tertiary/aromatic N) is 1. The standard InChI is InChI=1S/C17H19N3O4S/c1-11(15-10-14(23-2)8-9-16(15)24-3)18-17(25)19-12-4-6-13(7-5-12)20(21)22/h4-11H,1-3H3,(H2,18,19,25). The molecule has 25 heavy (non-hydrogen) atoms. The summed E-state index contributed by atoms with van der Waals surface area (Å²) in [6.07, 6.45) is 0. The molecule has 1 atom stereocenters. The van der Waals surface area contributed by atoms with Crippen LogP contribution in [0.25, 0.3) is 0 Å². The molecule has 0 aromatic heterocycles. The fraction of sp³-hybridized carbons (Fsp3) is 0.235. The first kappa shape index (κ1) is 18.5. The number of thiocarbonyl (C=S) groups is 1. The van der Waals surface area contributed by atoms with Crippen molar-refractivity contribution in [3.05, 3.63) is 58.1 Å². The summed E-state index contributed by atoms with van der Waals surface area (Å²) in [7, 11) is 3.20. The average Bonchev–Trinajstić information content (AvgIpc) is 2.61. The molecule has 132 valence electrons. The largest absolute Gasteiger partial charge is 0.497 e. The molecule has 0 saturated carbocycles. The van der Waals surface area contributed by atoms with Crippen LogP contribution in [0.1, 0.15) is 18.5 Å². The molecule has 0 amide bonds. The number of ether oxygens (including phenoxy) is 2. The maximum atomic E-state index is 10.7. The fourth-order valence-electron chi connectivity index (χ4n) is 2.29. The zero-order chi connectivity index (χ0) is 18.4. The molecule has 0 saturated heterocycles. The van der Waals surface area contributed by atoms with Gasteiger partial charge in [0.05, 0.1) is 25.2 Å². The first-order valence-corrected chi connectivity index (χ1v) is 7.89. The van der Waals surface area contributed by atoms with Gasteiger partial charge in [-0.15, -0.1) is 0 Å². The fourth-order valence-corrected chi connectivity index (χ4v) is 2.58. The monoisotopic (exact) mass is 361 g/mol. The van der Waals surface area contributed by atoms with Crippen molar-refractivity contribution < 1.29 is 14.4 Å². The third-order valence-corrected chi connectivity index (χ3v) is 3.81. The molecule has 1 unspecified atom stereocenters. The molecular weight excluding hydrogens is 342 g/mol. The summed E-state index contributed by atoms with van der Waals surface area (Å²) in [5.41, 5.74) is 1.58. The van der Waals surface area contributed by atoms with Crippen molar-refractivity contribution in [1.29, 1.82) is 0 Å². The Hall–Kier alpha value is -2.87. The number of anilines is 1. The van der Waals surface area contributed by atoms with E-state index < -0.39 is 4.92 Å². The van der Waals surface area contributed by atoms with Gasteiger partial charge < -0.3 is 20.1 Å². The quantitative estimate of drug-likeness (QED) is 0.461. The molecule has 0 aliphatic rings. The van der Waals surface area contributed by atoms with Crippen molar-refractivity contribution in [3.8, 4) is 11.5 Å². The van der Waals surface area contributed by atoms with Crippen LogP contribution in [0.15, 0.2) is 42.5 Å². The van der Waals surface area contributed by atoms with E-state index in [2.05, 4.69) is 10.6 Å². The van der Waals surface area contributed by atoms with Gasteiger partial charge in [-0.25, -0.2) is 0 Å². The van der Waals surface area contributed by atoms with E-state index in [0.717, 1.165) is 17.1 Å². The van der Waals surface area contributed by atoms with Crippen LogP contribution in [0.3, 0.4) is 0 Å². The molecule has 7 nitrogen and oxygen atoms in total. The minimum Gasteiger partial charge on any atom is -0.497 e. The Bertz CT molecular complexity index is 765. The molecular formula is C17H19N3O4S. The van der Waals surface area contributed by atoms with Crippen LogP contribution in [-0.4, -0.2) is 24.3 Å². The van der Waals surface area contributed by atoms with Crippen molar-refractivity contribution in [2.45, 2.75) is 13.0 Å². The third kappa shape index (κ3) is 4.80. The van der Waals surface area contributed by atoms with Crippen LogP contribution < -0.4 is 20.1 Å². The van der Waals surface area contributed by atoms with Crippen LogP contribution >= 0.6 is 12.2 Å². The Morgan fingerprint density at radius 2 is 1.84 bits per heavy atom. The molecule has 0 bridgehead atoms. The van der Waals surface area contributed by atoms with Crippen molar-refractivity contribution >= 4 is 28.7 Å². The van der Waals surface area contributed by atoms with E-state index in [1.807, 2.05) is 25.1 Å². The number of nitro benzene ring substituents is 1. The summed E-state index contributed by atoms with van der Waals surface area (Å²) in [6, 6.07) is 11.4. The second kappa shape index (κ2) is 8.29. The molecule has 2 rings (SSSR count). The van der Waals surface area contributed by atoms with Gasteiger partial charge in [0, 0.05) is 23.4 Å². The predicted octanol–water partition coefficient (Wildman–Crippen LogP) is 3.66. The van der Waals surface area contributed by atoms with E-state index in [4.69, 9.17) is 21.7 Å². The second-order valence-corrected chi connectivity index (χ2v) is 5.64. The number of methoxy groups -OCH3 is 2. The lowest BCUT2D eigenvalue weighted by molar-refractivity contribution is -0.384. The minimum absolute atomic E-state index is 0.0268. The molecule has 8 heteroatoms. The van der Waals surface area contributed by atoms with Crippen molar-refractivity contribution in [2.75, 3.05) is 19.5 Å². The van der Waals surface area contributed by atoms with Gasteiger partial charge in [-0.05, 0) is 49.5 Å². The van der Waals surface area contributed by atoms with E-state index >= 15 is 0 Å². The molecule has 0 radical (unpaired) electrons. The highest BCUT2D eigenvalue weighted by Gasteiger charge is 2.14. The molecule has 0 heterocycles. The summed E-state index contributed by atoms with van der Waals surface area (Å²) >= 11 is 5.31. The lowest BCUT2D eigenvalue weighted by Gasteiger charge is -2.20. The Labute approximate surface area is 151 Å². The highest BCUT2D eigenvalue weighted by molar-refractivity contribution is 7.80. The van der Waals surface area contributed by atoms with Gasteiger partial charge in [0.25, 0.3) is 5.69 Å². The average molecular weight is 361 g/mol. The third-order valence-electron chi connectivity index (χ3n) is 3.59. The SMILES string of the molecule is COc1ccc(OC)c(C(C)NC(=S)Nc2ccc([N+](=O)[O-])cc2)c1. The molecule has 0 spiro atoms. The number of hydrogen-bond donors (Lipinski definition) is 2. The van der Waals surface area contributed by atoms with E-state index in [0.29, 0.717) is 10.8 Å². The number of nitro groups is 1. The van der Waals surface area contributed by atoms with Gasteiger partial charge in [-0.1, -0.05) is 0 Å². The predicted molar refractivity (Wildman–Crippen MR) is 100 cm³/mol. The summed E-state index contributed by atoms with van der Waals surface area (Å²) in [4.78, 5) is 10.2. The van der Waals surface area contributed by atoms with Gasteiger partial charge >= 0.3 is 0 Å². The van der Waals surface area contributed by atoms with Crippen LogP contribution in [0.2, 0.25) is 0 Å². The summed E-state index contributed by atoms with van der Waals surface area (Å²) in [6.45, 7) is 1.95.